The van der Waals surface area contributed by atoms with E-state index >= 15 is 0 Å². The molecule has 4 nitrogen and oxygen atoms in total. The van der Waals surface area contributed by atoms with E-state index < -0.39 is 0 Å². The summed E-state index contributed by atoms with van der Waals surface area (Å²) >= 11 is 0. The number of para-hydroxylation sites is 4. The van der Waals surface area contributed by atoms with Crippen molar-refractivity contribution in [2.75, 3.05) is 9.80 Å². The third kappa shape index (κ3) is 7.80. The second kappa shape index (κ2) is 20.3. The molecule has 0 bridgehead atoms. The molecule has 2 aromatic heterocycles. The average Bonchev–Trinajstić information content (AvgIpc) is 1.19. The van der Waals surface area contributed by atoms with E-state index in [2.05, 4.69) is 268 Å². The highest BCUT2D eigenvalue weighted by Gasteiger charge is 2.33. The maximum atomic E-state index is 2.75. The van der Waals surface area contributed by atoms with E-state index in [0.29, 0.717) is 0 Å². The third-order valence-electron chi connectivity index (χ3n) is 20.1. The fourth-order valence-corrected chi connectivity index (χ4v) is 16.3. The highest BCUT2D eigenvalue weighted by molar-refractivity contribution is 6.30. The van der Waals surface area contributed by atoms with Gasteiger partial charge in [-0.25, -0.2) is 0 Å². The van der Waals surface area contributed by atoms with Gasteiger partial charge in [0, 0.05) is 55.1 Å². The smallest absolute Gasteiger partial charge is 0.0591 e. The van der Waals surface area contributed by atoms with Gasteiger partial charge in [0.25, 0.3) is 0 Å². The van der Waals surface area contributed by atoms with Gasteiger partial charge >= 0.3 is 0 Å². The molecule has 2 aliphatic carbocycles. The topological polar surface area (TPSA) is 16.3 Å². The van der Waals surface area contributed by atoms with Gasteiger partial charge in [0.05, 0.1) is 44.8 Å². The zero-order valence-corrected chi connectivity index (χ0v) is 51.1. The molecule has 0 unspecified atom stereocenters. The summed E-state index contributed by atoms with van der Waals surface area (Å²) in [5.41, 5.74) is 28.8. The molecule has 12 aromatic carbocycles. The lowest BCUT2D eigenvalue weighted by Crippen LogP contribution is -2.19. The van der Waals surface area contributed by atoms with Crippen molar-refractivity contribution in [2.45, 2.75) is 119 Å². The number of anilines is 6. The molecule has 2 aliphatic rings. The van der Waals surface area contributed by atoms with E-state index in [1.54, 1.807) is 0 Å². The van der Waals surface area contributed by atoms with Gasteiger partial charge < -0.3 is 18.9 Å². The molecule has 0 saturated carbocycles. The number of nitrogens with zero attached hydrogens (tertiary/aromatic N) is 4. The van der Waals surface area contributed by atoms with E-state index in [1.165, 1.54) is 203 Å². The molecule has 0 atom stereocenters. The van der Waals surface area contributed by atoms with Gasteiger partial charge in [-0.15, -0.1) is 0 Å². The first-order chi connectivity index (χ1) is 42.0. The van der Waals surface area contributed by atoms with Crippen molar-refractivity contribution < 1.29 is 0 Å². The van der Waals surface area contributed by atoms with Crippen molar-refractivity contribution in [3.8, 4) is 11.4 Å². The normalized spacial score (nSPS) is 13.7. The fourth-order valence-electron chi connectivity index (χ4n) is 16.3. The summed E-state index contributed by atoms with van der Waals surface area (Å²) in [5.74, 6) is 0.500. The number of rotatable bonds is 10. The van der Waals surface area contributed by atoms with E-state index in [9.17, 15) is 0 Å². The molecule has 4 heteroatoms. The van der Waals surface area contributed by atoms with Crippen LogP contribution in [0.3, 0.4) is 0 Å². The average molecular weight is 1120 g/mol. The van der Waals surface area contributed by atoms with Crippen molar-refractivity contribution in [2.24, 2.45) is 0 Å². The Morgan fingerprint density at radius 3 is 1.14 bits per heavy atom. The number of fused-ring (bicyclic) bond motifs is 8. The lowest BCUT2D eigenvalue weighted by Gasteiger charge is -2.36. The Morgan fingerprint density at radius 2 is 0.721 bits per heavy atom. The zero-order chi connectivity index (χ0) is 58.2. The van der Waals surface area contributed by atoms with Gasteiger partial charge in [-0.2, -0.15) is 0 Å². The van der Waals surface area contributed by atoms with Crippen LogP contribution in [0.15, 0.2) is 194 Å². The van der Waals surface area contributed by atoms with Gasteiger partial charge in [-0.05, 0) is 241 Å². The zero-order valence-electron chi connectivity index (χ0n) is 51.1. The molecule has 14 aromatic rings. The van der Waals surface area contributed by atoms with Crippen LogP contribution < -0.4 is 9.80 Å². The van der Waals surface area contributed by atoms with Crippen LogP contribution in [0.5, 0.6) is 0 Å². The molecule has 86 heavy (non-hydrogen) atoms. The Morgan fingerprint density at radius 1 is 0.337 bits per heavy atom. The molecule has 16 rings (SSSR count). The summed E-state index contributed by atoms with van der Waals surface area (Å²) in [4.78, 5) is 5.50. The summed E-state index contributed by atoms with van der Waals surface area (Å²) < 4.78 is 5.05. The van der Waals surface area contributed by atoms with Crippen LogP contribution in [0.2, 0.25) is 0 Å². The summed E-state index contributed by atoms with van der Waals surface area (Å²) in [5, 5.41) is 13.1. The Kier molecular flexibility index (Phi) is 12.4. The molecule has 0 radical (unpaired) electrons. The Labute approximate surface area is 505 Å². The SMILES string of the molecule is Cc1cc2c3ccccc3n(-c3ccccc3)c2c(C)c1N(c1cccc2c1CCCC2)c1cc(C(C)C)c2ccc3c(N(c4cccc5c4CCCC5)c4c(C)cc5c6ccccc6n(-c6ccccc6)c5c4C)cc(C(C)C)c4ccc1c2c43. The van der Waals surface area contributed by atoms with Crippen LogP contribution in [-0.2, 0) is 25.7 Å². The molecule has 0 spiro atoms. The monoisotopic (exact) mass is 1110 g/mol. The molecule has 0 saturated heterocycles. The molecular weight excluding hydrogens is 1040 g/mol. The minimum absolute atomic E-state index is 0.250. The second-order valence-electron chi connectivity index (χ2n) is 25.8. The molecule has 2 heterocycles. The minimum Gasteiger partial charge on any atom is -0.309 e. The minimum atomic E-state index is 0.250. The van der Waals surface area contributed by atoms with Crippen molar-refractivity contribution in [3.63, 3.8) is 0 Å². The summed E-state index contributed by atoms with van der Waals surface area (Å²) in [6, 6.07) is 74.7. The van der Waals surface area contributed by atoms with Gasteiger partial charge in [0.1, 0.15) is 0 Å². The molecule has 0 N–H and O–H groups in total. The molecule has 422 valence electrons. The summed E-state index contributed by atoms with van der Waals surface area (Å²) in [7, 11) is 0. The third-order valence-corrected chi connectivity index (χ3v) is 20.1. The van der Waals surface area contributed by atoms with E-state index in [4.69, 9.17) is 0 Å². The van der Waals surface area contributed by atoms with E-state index in [1.807, 2.05) is 0 Å². The Balaban J connectivity index is 1.04. The number of aryl methyl sites for hydroxylation is 6. The van der Waals surface area contributed by atoms with Crippen molar-refractivity contribution in [1.82, 2.24) is 9.13 Å². The standard InChI is InChI=1S/C82H74N4/c1-49(2)67-47-75(85(71-39-23-27-55-25-15-17-33-59(55)71)79-51(5)45-69-61-35-19-21-37-73(61)83(81(69)53(79)7)57-29-11-9-12-30-57)65-44-42-64-68(50(3)4)48-76(66-43-41-63(67)77(65)78(64)66)86(72-40-24-28-56-26-16-18-34-60(56)72)80-52(6)46-70-62-36-20-22-38-74(62)84(82(70)54(80)8)58-31-13-10-14-32-58/h9-14,19-24,27-32,35-50H,15-18,25-26,33-34H2,1-8H3. The maximum absolute atomic E-state index is 2.75. The van der Waals surface area contributed by atoms with Crippen LogP contribution in [-0.4, -0.2) is 9.13 Å². The highest BCUT2D eigenvalue weighted by Crippen LogP contribution is 2.55. The number of hydrogen-bond acceptors (Lipinski definition) is 2. The van der Waals surface area contributed by atoms with Crippen molar-refractivity contribution in [1.29, 1.82) is 0 Å². The predicted octanol–water partition coefficient (Wildman–Crippen LogP) is 23.0. The molecule has 0 fully saturated rings. The van der Waals surface area contributed by atoms with Gasteiger partial charge in [0.15, 0.2) is 0 Å². The Bertz CT molecular complexity index is 4730. The Hall–Kier alpha value is -9.12. The van der Waals surface area contributed by atoms with E-state index in [-0.39, 0.29) is 11.8 Å². The number of hydrogen-bond donors (Lipinski definition) is 0. The summed E-state index contributed by atoms with van der Waals surface area (Å²) in [6.45, 7) is 19.2. The van der Waals surface area contributed by atoms with Crippen LogP contribution in [0.4, 0.5) is 34.1 Å². The van der Waals surface area contributed by atoms with Gasteiger partial charge in [0.2, 0.25) is 0 Å². The largest absolute Gasteiger partial charge is 0.309 e. The van der Waals surface area contributed by atoms with Crippen molar-refractivity contribution in [3.05, 3.63) is 250 Å². The van der Waals surface area contributed by atoms with Gasteiger partial charge in [-0.3, -0.25) is 0 Å². The van der Waals surface area contributed by atoms with Gasteiger partial charge in [-0.1, -0.05) is 149 Å². The molecule has 0 amide bonds. The lowest BCUT2D eigenvalue weighted by molar-refractivity contribution is 0.686. The quantitative estimate of drug-likeness (QED) is 0.127. The first kappa shape index (κ1) is 52.4. The second-order valence-corrected chi connectivity index (χ2v) is 25.8. The predicted molar refractivity (Wildman–Crippen MR) is 369 cm³/mol. The lowest BCUT2D eigenvalue weighted by atomic mass is 9.83. The maximum Gasteiger partial charge on any atom is 0.0591 e. The first-order valence-electron chi connectivity index (χ1n) is 31.8. The van der Waals surface area contributed by atoms with Crippen LogP contribution in [0.25, 0.3) is 87.3 Å². The fraction of sp³-hybridized carbons (Fsp3) is 0.220. The van der Waals surface area contributed by atoms with Crippen molar-refractivity contribution >= 4 is 110 Å². The number of benzene rings is 12. The van der Waals surface area contributed by atoms with Crippen LogP contribution >= 0.6 is 0 Å². The number of aromatic nitrogens is 2. The first-order valence-corrected chi connectivity index (χ1v) is 31.8. The van der Waals surface area contributed by atoms with E-state index in [0.717, 1.165) is 25.7 Å². The van der Waals surface area contributed by atoms with Crippen LogP contribution in [0, 0.1) is 27.7 Å². The molecule has 0 aliphatic heterocycles. The summed E-state index contributed by atoms with van der Waals surface area (Å²) in [6.07, 6.45) is 9.16. The van der Waals surface area contributed by atoms with Crippen LogP contribution in [0.1, 0.15) is 121 Å². The molecular formula is C82H74N4. The highest BCUT2D eigenvalue weighted by atomic mass is 15.2.